The molecule has 1 aromatic rings. The number of ether oxygens (including phenoxy) is 1. The Morgan fingerprint density at radius 1 is 1.57 bits per heavy atom. The maximum Gasteiger partial charge on any atom is 0.133 e. The van der Waals surface area contributed by atoms with E-state index in [0.717, 1.165) is 15.8 Å². The summed E-state index contributed by atoms with van der Waals surface area (Å²) in [5, 5.41) is 8.81. The molecule has 1 unspecified atom stereocenters. The van der Waals surface area contributed by atoms with E-state index in [1.165, 1.54) is 0 Å². The van der Waals surface area contributed by atoms with Crippen LogP contribution in [0.3, 0.4) is 0 Å². The fourth-order valence-electron chi connectivity index (χ4n) is 1.20. The van der Waals surface area contributed by atoms with E-state index in [9.17, 15) is 0 Å². The van der Waals surface area contributed by atoms with Crippen LogP contribution in [0.25, 0.3) is 0 Å². The van der Waals surface area contributed by atoms with Gasteiger partial charge in [-0.05, 0) is 40.0 Å². The van der Waals surface area contributed by atoms with Gasteiger partial charge in [-0.1, -0.05) is 6.07 Å². The molecule has 0 saturated carbocycles. The highest BCUT2D eigenvalue weighted by molar-refractivity contribution is 9.10. The maximum atomic E-state index is 8.81. The summed E-state index contributed by atoms with van der Waals surface area (Å²) in [6.45, 7) is -0.00161. The van der Waals surface area contributed by atoms with Crippen molar-refractivity contribution in [3.05, 3.63) is 28.2 Å². The topological polar surface area (TPSA) is 55.5 Å². The van der Waals surface area contributed by atoms with E-state index < -0.39 is 0 Å². The normalized spacial score (nSPS) is 12.6. The standard InChI is InChI=1S/C10H14BrNO2/c1-14-10-5-7(2-3-9(10)11)4-8(12)6-13/h2-3,5,8,13H,4,6,12H2,1H3. The molecule has 3 nitrogen and oxygen atoms in total. The number of aliphatic hydroxyl groups is 1. The van der Waals surface area contributed by atoms with Crippen LogP contribution in [0.4, 0.5) is 0 Å². The van der Waals surface area contributed by atoms with Crippen molar-refractivity contribution in [2.24, 2.45) is 5.73 Å². The maximum absolute atomic E-state index is 8.81. The Morgan fingerprint density at radius 3 is 2.86 bits per heavy atom. The second-order valence-corrected chi connectivity index (χ2v) is 3.97. The molecular formula is C10H14BrNO2. The molecular weight excluding hydrogens is 246 g/mol. The van der Waals surface area contributed by atoms with Gasteiger partial charge in [-0.3, -0.25) is 0 Å². The Hall–Kier alpha value is -0.580. The number of hydrogen-bond donors (Lipinski definition) is 2. The Labute approximate surface area is 92.0 Å². The van der Waals surface area contributed by atoms with Crippen LogP contribution >= 0.6 is 15.9 Å². The van der Waals surface area contributed by atoms with Gasteiger partial charge in [-0.2, -0.15) is 0 Å². The first-order valence-electron chi connectivity index (χ1n) is 4.36. The molecule has 1 rings (SSSR count). The summed E-state index contributed by atoms with van der Waals surface area (Å²) in [7, 11) is 1.62. The molecule has 0 aliphatic heterocycles. The summed E-state index contributed by atoms with van der Waals surface area (Å²) in [4.78, 5) is 0. The predicted octanol–water partition coefficient (Wildman–Crippen LogP) is 1.32. The molecule has 0 aliphatic rings. The van der Waals surface area contributed by atoms with Crippen molar-refractivity contribution >= 4 is 15.9 Å². The second kappa shape index (κ2) is 5.34. The third-order valence-corrected chi connectivity index (χ3v) is 2.60. The summed E-state index contributed by atoms with van der Waals surface area (Å²) in [5.41, 5.74) is 6.69. The van der Waals surface area contributed by atoms with Gasteiger partial charge in [-0.25, -0.2) is 0 Å². The molecule has 0 aliphatic carbocycles. The highest BCUT2D eigenvalue weighted by Crippen LogP contribution is 2.25. The molecule has 0 bridgehead atoms. The zero-order valence-electron chi connectivity index (χ0n) is 8.03. The first-order valence-corrected chi connectivity index (χ1v) is 5.15. The van der Waals surface area contributed by atoms with Gasteiger partial charge in [0.25, 0.3) is 0 Å². The lowest BCUT2D eigenvalue weighted by Gasteiger charge is -2.10. The third kappa shape index (κ3) is 2.97. The zero-order valence-corrected chi connectivity index (χ0v) is 9.62. The van der Waals surface area contributed by atoms with Crippen LogP contribution < -0.4 is 10.5 Å². The summed E-state index contributed by atoms with van der Waals surface area (Å²) in [6, 6.07) is 5.58. The molecule has 1 atom stereocenters. The van der Waals surface area contributed by atoms with Gasteiger partial charge in [0, 0.05) is 6.04 Å². The van der Waals surface area contributed by atoms with Gasteiger partial charge in [-0.15, -0.1) is 0 Å². The summed E-state index contributed by atoms with van der Waals surface area (Å²) in [5.74, 6) is 0.785. The Kier molecular flexibility index (Phi) is 4.38. The van der Waals surface area contributed by atoms with Crippen LogP contribution in [-0.4, -0.2) is 24.9 Å². The largest absolute Gasteiger partial charge is 0.496 e. The van der Waals surface area contributed by atoms with Gasteiger partial charge in [0.2, 0.25) is 0 Å². The van der Waals surface area contributed by atoms with Crippen molar-refractivity contribution in [2.75, 3.05) is 13.7 Å². The second-order valence-electron chi connectivity index (χ2n) is 3.12. The molecule has 3 N–H and O–H groups in total. The van der Waals surface area contributed by atoms with Crippen LogP contribution in [-0.2, 0) is 6.42 Å². The van der Waals surface area contributed by atoms with E-state index in [4.69, 9.17) is 15.6 Å². The molecule has 0 saturated heterocycles. The van der Waals surface area contributed by atoms with Gasteiger partial charge < -0.3 is 15.6 Å². The minimum Gasteiger partial charge on any atom is -0.496 e. The smallest absolute Gasteiger partial charge is 0.133 e. The highest BCUT2D eigenvalue weighted by Gasteiger charge is 2.05. The average molecular weight is 260 g/mol. The fourth-order valence-corrected chi connectivity index (χ4v) is 1.61. The zero-order chi connectivity index (χ0) is 10.6. The number of methoxy groups -OCH3 is 1. The van der Waals surface area contributed by atoms with Crippen molar-refractivity contribution in [1.29, 1.82) is 0 Å². The summed E-state index contributed by atoms with van der Waals surface area (Å²) in [6.07, 6.45) is 0.653. The number of rotatable bonds is 4. The van der Waals surface area contributed by atoms with Crippen molar-refractivity contribution in [1.82, 2.24) is 0 Å². The highest BCUT2D eigenvalue weighted by atomic mass is 79.9. The average Bonchev–Trinajstić information content (AvgIpc) is 2.20. The quantitative estimate of drug-likeness (QED) is 0.858. The van der Waals surface area contributed by atoms with Crippen molar-refractivity contribution < 1.29 is 9.84 Å². The van der Waals surface area contributed by atoms with Crippen molar-refractivity contribution in [3.63, 3.8) is 0 Å². The monoisotopic (exact) mass is 259 g/mol. The third-order valence-electron chi connectivity index (χ3n) is 1.95. The molecule has 0 heterocycles. The van der Waals surface area contributed by atoms with E-state index in [1.807, 2.05) is 18.2 Å². The van der Waals surface area contributed by atoms with Crippen LogP contribution in [0.2, 0.25) is 0 Å². The van der Waals surface area contributed by atoms with E-state index in [-0.39, 0.29) is 12.6 Å². The van der Waals surface area contributed by atoms with E-state index in [1.54, 1.807) is 7.11 Å². The lowest BCUT2D eigenvalue weighted by molar-refractivity contribution is 0.265. The van der Waals surface area contributed by atoms with Crippen LogP contribution in [0.5, 0.6) is 5.75 Å². The van der Waals surface area contributed by atoms with Crippen LogP contribution in [0.1, 0.15) is 5.56 Å². The van der Waals surface area contributed by atoms with Gasteiger partial charge in [0.15, 0.2) is 0 Å². The molecule has 0 amide bonds. The molecule has 14 heavy (non-hydrogen) atoms. The minimum absolute atomic E-state index is 0.00161. The Bertz CT molecular complexity index is 304. The predicted molar refractivity (Wildman–Crippen MR) is 59.5 cm³/mol. The molecule has 0 radical (unpaired) electrons. The minimum atomic E-state index is -0.208. The Morgan fingerprint density at radius 2 is 2.29 bits per heavy atom. The van der Waals surface area contributed by atoms with Gasteiger partial charge in [0.05, 0.1) is 18.2 Å². The summed E-state index contributed by atoms with van der Waals surface area (Å²) < 4.78 is 6.07. The molecule has 78 valence electrons. The lowest BCUT2D eigenvalue weighted by atomic mass is 10.1. The molecule has 0 aromatic heterocycles. The van der Waals surface area contributed by atoms with Gasteiger partial charge >= 0.3 is 0 Å². The number of nitrogens with two attached hydrogens (primary N) is 1. The van der Waals surface area contributed by atoms with E-state index >= 15 is 0 Å². The number of halogens is 1. The van der Waals surface area contributed by atoms with Crippen LogP contribution in [0, 0.1) is 0 Å². The Balaban J connectivity index is 2.79. The molecule has 1 aromatic carbocycles. The fraction of sp³-hybridized carbons (Fsp3) is 0.400. The van der Waals surface area contributed by atoms with E-state index in [2.05, 4.69) is 15.9 Å². The van der Waals surface area contributed by atoms with Crippen molar-refractivity contribution in [2.45, 2.75) is 12.5 Å². The molecule has 0 fully saturated rings. The number of aliphatic hydroxyl groups excluding tert-OH is 1. The number of hydrogen-bond acceptors (Lipinski definition) is 3. The molecule has 0 spiro atoms. The van der Waals surface area contributed by atoms with E-state index in [0.29, 0.717) is 6.42 Å². The van der Waals surface area contributed by atoms with Crippen LogP contribution in [0.15, 0.2) is 22.7 Å². The summed E-state index contributed by atoms with van der Waals surface area (Å²) >= 11 is 3.37. The van der Waals surface area contributed by atoms with Gasteiger partial charge in [0.1, 0.15) is 5.75 Å². The molecule has 4 heteroatoms. The number of benzene rings is 1. The van der Waals surface area contributed by atoms with Crippen molar-refractivity contribution in [3.8, 4) is 5.75 Å². The SMILES string of the molecule is COc1cc(CC(N)CO)ccc1Br. The first kappa shape index (κ1) is 11.5. The first-order chi connectivity index (χ1) is 6.67. The lowest BCUT2D eigenvalue weighted by Crippen LogP contribution is -2.26.